The number of carbonyl (C=O) groups is 1. The molecule has 2 N–H and O–H groups in total. The van der Waals surface area contributed by atoms with Gasteiger partial charge in [-0.1, -0.05) is 31.2 Å². The molecule has 2 amide bonds. The fourth-order valence-corrected chi connectivity index (χ4v) is 5.23. The first-order chi connectivity index (χ1) is 17.5. The number of nitrogens with zero attached hydrogens (tertiary/aromatic N) is 4. The lowest BCUT2D eigenvalue weighted by atomic mass is 9.97. The van der Waals surface area contributed by atoms with E-state index in [2.05, 4.69) is 69.6 Å². The van der Waals surface area contributed by atoms with Gasteiger partial charge in [0.1, 0.15) is 5.65 Å². The molecular formula is C29H38N6O. The minimum atomic E-state index is 0.00954. The number of aromatic amines is 1. The second-order valence-electron chi connectivity index (χ2n) is 10.3. The van der Waals surface area contributed by atoms with E-state index in [1.165, 1.54) is 22.3 Å². The highest BCUT2D eigenvalue weighted by atomic mass is 16.2. The molecule has 0 atom stereocenters. The molecule has 3 aromatic rings. The number of urea groups is 1. The molecule has 36 heavy (non-hydrogen) atoms. The van der Waals surface area contributed by atoms with Crippen molar-refractivity contribution in [1.82, 2.24) is 30.0 Å². The number of rotatable bonds is 6. The standard InChI is InChI=1S/C29H38N6O/c1-4-33-12-14-34(15-13-33)20-22-6-5-7-24(16-22)25-17-26-27(19-31-28(26)30-18-25)23-8-10-35(11-9-23)29(36)32-21(2)3/h5-8,16-19,21H,4,9-15,20H2,1-3H3,(H,30,31)(H,32,36). The molecule has 0 radical (unpaired) electrons. The van der Waals surface area contributed by atoms with Crippen LogP contribution in [-0.4, -0.2) is 82.6 Å². The van der Waals surface area contributed by atoms with Crippen LogP contribution in [0.2, 0.25) is 0 Å². The van der Waals surface area contributed by atoms with E-state index in [1.807, 2.05) is 24.9 Å². The zero-order valence-corrected chi connectivity index (χ0v) is 21.8. The van der Waals surface area contributed by atoms with Gasteiger partial charge in [-0.3, -0.25) is 4.90 Å². The Hall–Kier alpha value is -3.16. The van der Waals surface area contributed by atoms with Crippen molar-refractivity contribution >= 4 is 22.6 Å². The first-order valence-corrected chi connectivity index (χ1v) is 13.3. The van der Waals surface area contributed by atoms with Crippen LogP contribution in [0.15, 0.2) is 48.8 Å². The first kappa shape index (κ1) is 24.5. The van der Waals surface area contributed by atoms with Crippen LogP contribution in [-0.2, 0) is 6.54 Å². The van der Waals surface area contributed by atoms with Crippen LogP contribution in [0.3, 0.4) is 0 Å². The van der Waals surface area contributed by atoms with Crippen LogP contribution in [0.5, 0.6) is 0 Å². The number of pyridine rings is 1. The van der Waals surface area contributed by atoms with Crippen LogP contribution in [0.1, 0.15) is 38.3 Å². The molecule has 0 aliphatic carbocycles. The normalized spacial score (nSPS) is 17.6. The Bertz CT molecular complexity index is 1240. The molecule has 0 bridgehead atoms. The summed E-state index contributed by atoms with van der Waals surface area (Å²) in [5.74, 6) is 0. The van der Waals surface area contributed by atoms with E-state index in [0.29, 0.717) is 6.54 Å². The topological polar surface area (TPSA) is 67.5 Å². The number of likely N-dealkylation sites (N-methyl/N-ethyl adjacent to an activating group) is 1. The van der Waals surface area contributed by atoms with E-state index in [9.17, 15) is 4.79 Å². The van der Waals surface area contributed by atoms with Crippen LogP contribution < -0.4 is 5.32 Å². The summed E-state index contributed by atoms with van der Waals surface area (Å²) in [7, 11) is 0. The Labute approximate surface area is 214 Å². The molecule has 5 rings (SSSR count). The summed E-state index contributed by atoms with van der Waals surface area (Å²) >= 11 is 0. The van der Waals surface area contributed by atoms with Crippen molar-refractivity contribution in [3.05, 3.63) is 59.9 Å². The maximum atomic E-state index is 12.4. The number of nitrogens with one attached hydrogen (secondary N) is 2. The second-order valence-corrected chi connectivity index (χ2v) is 10.3. The van der Waals surface area contributed by atoms with Crippen molar-refractivity contribution < 1.29 is 4.79 Å². The maximum Gasteiger partial charge on any atom is 0.317 e. The van der Waals surface area contributed by atoms with Crippen LogP contribution in [0.4, 0.5) is 4.79 Å². The molecule has 1 fully saturated rings. The van der Waals surface area contributed by atoms with Gasteiger partial charge in [-0.2, -0.15) is 0 Å². The van der Waals surface area contributed by atoms with Gasteiger partial charge in [0.25, 0.3) is 0 Å². The lowest BCUT2D eigenvalue weighted by molar-refractivity contribution is 0.132. The zero-order valence-electron chi connectivity index (χ0n) is 21.8. The smallest absolute Gasteiger partial charge is 0.317 e. The largest absolute Gasteiger partial charge is 0.346 e. The highest BCUT2D eigenvalue weighted by Gasteiger charge is 2.20. The number of hydrogen-bond donors (Lipinski definition) is 2. The second kappa shape index (κ2) is 10.8. The van der Waals surface area contributed by atoms with Crippen molar-refractivity contribution in [2.45, 2.75) is 39.8 Å². The van der Waals surface area contributed by atoms with Crippen molar-refractivity contribution in [3.8, 4) is 11.1 Å². The molecule has 7 heteroatoms. The molecule has 0 saturated carbocycles. The Balaban J connectivity index is 1.33. The Kier molecular flexibility index (Phi) is 7.39. The Morgan fingerprint density at radius 3 is 2.61 bits per heavy atom. The number of hydrogen-bond acceptors (Lipinski definition) is 4. The maximum absolute atomic E-state index is 12.4. The summed E-state index contributed by atoms with van der Waals surface area (Å²) in [4.78, 5) is 27.4. The van der Waals surface area contributed by atoms with Gasteiger partial charge in [0.05, 0.1) is 0 Å². The molecule has 7 nitrogen and oxygen atoms in total. The summed E-state index contributed by atoms with van der Waals surface area (Å²) in [5, 5.41) is 4.13. The molecule has 2 aliphatic rings. The van der Waals surface area contributed by atoms with E-state index in [4.69, 9.17) is 4.98 Å². The molecular weight excluding hydrogens is 448 g/mol. The number of H-pyrrole nitrogens is 1. The van der Waals surface area contributed by atoms with E-state index in [1.54, 1.807) is 0 Å². The van der Waals surface area contributed by atoms with Crippen LogP contribution in [0.25, 0.3) is 27.7 Å². The third-order valence-electron chi connectivity index (χ3n) is 7.36. The minimum Gasteiger partial charge on any atom is -0.346 e. The number of amides is 2. The van der Waals surface area contributed by atoms with E-state index >= 15 is 0 Å². The highest BCUT2D eigenvalue weighted by molar-refractivity contribution is 5.93. The summed E-state index contributed by atoms with van der Waals surface area (Å²) in [6.45, 7) is 14.3. The van der Waals surface area contributed by atoms with Gasteiger partial charge in [-0.05, 0) is 55.6 Å². The molecule has 190 valence electrons. The number of benzene rings is 1. The van der Waals surface area contributed by atoms with Crippen molar-refractivity contribution in [2.75, 3.05) is 45.8 Å². The van der Waals surface area contributed by atoms with Gasteiger partial charge >= 0.3 is 6.03 Å². The van der Waals surface area contributed by atoms with Gasteiger partial charge in [-0.25, -0.2) is 9.78 Å². The summed E-state index contributed by atoms with van der Waals surface area (Å²) in [6, 6.07) is 11.3. The van der Waals surface area contributed by atoms with E-state index < -0.39 is 0 Å². The lowest BCUT2D eigenvalue weighted by Crippen LogP contribution is -2.45. The van der Waals surface area contributed by atoms with Crippen LogP contribution >= 0.6 is 0 Å². The SMILES string of the molecule is CCN1CCN(Cc2cccc(-c3cnc4[nH]cc(C5=CCN(C(=O)NC(C)C)CC5)c4c3)c2)CC1. The van der Waals surface area contributed by atoms with Crippen molar-refractivity contribution in [3.63, 3.8) is 0 Å². The molecule has 0 unspecified atom stereocenters. The summed E-state index contributed by atoms with van der Waals surface area (Å²) < 4.78 is 0. The number of carbonyl (C=O) groups excluding carboxylic acids is 1. The quantitative estimate of drug-likeness (QED) is 0.536. The lowest BCUT2D eigenvalue weighted by Gasteiger charge is -2.34. The monoisotopic (exact) mass is 486 g/mol. The molecule has 2 aromatic heterocycles. The van der Waals surface area contributed by atoms with Crippen molar-refractivity contribution in [2.24, 2.45) is 0 Å². The predicted molar refractivity (Wildman–Crippen MR) is 147 cm³/mol. The molecule has 2 aliphatic heterocycles. The van der Waals surface area contributed by atoms with Crippen LogP contribution in [0, 0.1) is 0 Å². The fourth-order valence-electron chi connectivity index (χ4n) is 5.23. The Morgan fingerprint density at radius 2 is 1.89 bits per heavy atom. The zero-order chi connectivity index (χ0) is 25.1. The minimum absolute atomic E-state index is 0.00954. The van der Waals surface area contributed by atoms with Gasteiger partial charge in [0.15, 0.2) is 0 Å². The third kappa shape index (κ3) is 5.47. The van der Waals surface area contributed by atoms with E-state index in [0.717, 1.165) is 68.8 Å². The molecule has 0 spiro atoms. The third-order valence-corrected chi connectivity index (χ3v) is 7.36. The van der Waals surface area contributed by atoms with Gasteiger partial charge in [0.2, 0.25) is 0 Å². The van der Waals surface area contributed by atoms with Crippen molar-refractivity contribution in [1.29, 1.82) is 0 Å². The number of aromatic nitrogens is 2. The van der Waals surface area contributed by atoms with E-state index in [-0.39, 0.29) is 12.1 Å². The van der Waals surface area contributed by atoms with Gasteiger partial charge in [0, 0.05) is 80.8 Å². The van der Waals surface area contributed by atoms with Gasteiger partial charge < -0.3 is 20.1 Å². The first-order valence-electron chi connectivity index (χ1n) is 13.3. The summed E-state index contributed by atoms with van der Waals surface area (Å²) in [6.07, 6.45) is 7.04. The average molecular weight is 487 g/mol. The average Bonchev–Trinajstić information content (AvgIpc) is 3.32. The number of piperazine rings is 1. The number of fused-ring (bicyclic) bond motifs is 1. The summed E-state index contributed by atoms with van der Waals surface area (Å²) in [5.41, 5.74) is 7.05. The Morgan fingerprint density at radius 1 is 1.08 bits per heavy atom. The molecule has 1 saturated heterocycles. The van der Waals surface area contributed by atoms with Gasteiger partial charge in [-0.15, -0.1) is 0 Å². The highest BCUT2D eigenvalue weighted by Crippen LogP contribution is 2.31. The molecule has 1 aromatic carbocycles. The predicted octanol–water partition coefficient (Wildman–Crippen LogP) is 4.57. The molecule has 4 heterocycles. The fraction of sp³-hybridized carbons (Fsp3) is 0.448.